The lowest BCUT2D eigenvalue weighted by Crippen LogP contribution is -2.47. The number of rotatable bonds is 5. The molecule has 29 heavy (non-hydrogen) atoms. The molecule has 1 aromatic carbocycles. The Labute approximate surface area is 172 Å². The van der Waals surface area contributed by atoms with Gasteiger partial charge >= 0.3 is 0 Å². The highest BCUT2D eigenvalue weighted by Gasteiger charge is 2.40. The SMILES string of the molecule is O=C(CN1CCC2(CC1)N=C(c1ccccn1)NO2)NCc1ccc(F)c(Cl)c1. The number of hydrogen-bond donors (Lipinski definition) is 2. The Hall–Kier alpha value is -2.55. The molecule has 0 unspecified atom stereocenters. The fraction of sp³-hybridized carbons (Fsp3) is 0.350. The van der Waals surface area contributed by atoms with Gasteiger partial charge in [0.15, 0.2) is 11.6 Å². The first kappa shape index (κ1) is 19.8. The van der Waals surface area contributed by atoms with Crippen molar-refractivity contribution in [2.24, 2.45) is 4.99 Å². The zero-order chi connectivity index (χ0) is 20.3. The van der Waals surface area contributed by atoms with E-state index in [1.165, 1.54) is 12.1 Å². The van der Waals surface area contributed by atoms with Crippen LogP contribution in [-0.4, -0.2) is 47.0 Å². The van der Waals surface area contributed by atoms with Crippen molar-refractivity contribution in [3.8, 4) is 0 Å². The Balaban J connectivity index is 1.26. The lowest BCUT2D eigenvalue weighted by molar-refractivity contribution is -0.125. The zero-order valence-corrected chi connectivity index (χ0v) is 16.5. The molecular weight excluding hydrogens is 397 g/mol. The first-order valence-electron chi connectivity index (χ1n) is 9.41. The number of carbonyl (C=O) groups excluding carboxylic acids is 1. The molecule has 2 aromatic rings. The van der Waals surface area contributed by atoms with Gasteiger partial charge in [0.25, 0.3) is 0 Å². The summed E-state index contributed by atoms with van der Waals surface area (Å²) < 4.78 is 13.2. The van der Waals surface area contributed by atoms with E-state index in [1.54, 1.807) is 12.3 Å². The molecule has 1 amide bonds. The topological polar surface area (TPSA) is 78.9 Å². The maximum atomic E-state index is 13.2. The van der Waals surface area contributed by atoms with E-state index in [4.69, 9.17) is 21.4 Å². The number of benzene rings is 1. The van der Waals surface area contributed by atoms with E-state index in [-0.39, 0.29) is 17.5 Å². The number of nitrogens with zero attached hydrogens (tertiary/aromatic N) is 3. The number of pyridine rings is 1. The van der Waals surface area contributed by atoms with Gasteiger partial charge in [-0.15, -0.1) is 0 Å². The lowest BCUT2D eigenvalue weighted by Gasteiger charge is -2.35. The smallest absolute Gasteiger partial charge is 0.234 e. The average molecular weight is 418 g/mol. The quantitative estimate of drug-likeness (QED) is 0.780. The number of hydroxylamine groups is 1. The van der Waals surface area contributed by atoms with Crippen molar-refractivity contribution >= 4 is 23.3 Å². The minimum atomic E-state index is -0.606. The second-order valence-corrected chi connectivity index (χ2v) is 7.53. The molecule has 2 N–H and O–H groups in total. The fourth-order valence-corrected chi connectivity index (χ4v) is 3.59. The van der Waals surface area contributed by atoms with Gasteiger partial charge in [-0.25, -0.2) is 19.7 Å². The summed E-state index contributed by atoms with van der Waals surface area (Å²) in [6.07, 6.45) is 3.07. The minimum Gasteiger partial charge on any atom is -0.351 e. The van der Waals surface area contributed by atoms with Crippen LogP contribution in [0.2, 0.25) is 5.02 Å². The number of hydrogen-bond acceptors (Lipinski definition) is 6. The largest absolute Gasteiger partial charge is 0.351 e. The van der Waals surface area contributed by atoms with Crippen molar-refractivity contribution in [3.05, 3.63) is 64.7 Å². The molecule has 2 aliphatic rings. The molecule has 1 aromatic heterocycles. The number of nitrogens with one attached hydrogen (secondary N) is 2. The predicted molar refractivity (Wildman–Crippen MR) is 107 cm³/mol. The monoisotopic (exact) mass is 417 g/mol. The highest BCUT2D eigenvalue weighted by atomic mass is 35.5. The molecule has 1 saturated heterocycles. The zero-order valence-electron chi connectivity index (χ0n) is 15.7. The van der Waals surface area contributed by atoms with E-state index in [1.807, 2.05) is 18.2 Å². The van der Waals surface area contributed by atoms with Crippen molar-refractivity contribution < 1.29 is 14.0 Å². The normalized spacial score (nSPS) is 18.3. The number of aliphatic imine (C=N–C) groups is 1. The summed E-state index contributed by atoms with van der Waals surface area (Å²) in [6.45, 7) is 1.98. The van der Waals surface area contributed by atoms with Gasteiger partial charge in [0.1, 0.15) is 11.5 Å². The standard InChI is InChI=1S/C20H21ClFN5O2/c21-15-11-14(4-5-16(15)22)12-24-18(28)13-27-9-6-20(7-10-27)25-19(26-29-20)17-3-1-2-8-23-17/h1-5,8,11H,6-7,9-10,12-13H2,(H,24,28)(H,25,26). The molecule has 3 heterocycles. The van der Waals surface area contributed by atoms with Crippen LogP contribution in [0.4, 0.5) is 4.39 Å². The first-order valence-corrected chi connectivity index (χ1v) is 9.79. The van der Waals surface area contributed by atoms with Gasteiger partial charge in [0.05, 0.1) is 11.6 Å². The molecule has 2 aliphatic heterocycles. The van der Waals surface area contributed by atoms with Crippen LogP contribution in [0.25, 0.3) is 0 Å². The fourth-order valence-electron chi connectivity index (χ4n) is 3.39. The summed E-state index contributed by atoms with van der Waals surface area (Å²) in [6, 6.07) is 10.0. The lowest BCUT2D eigenvalue weighted by atomic mass is 10.0. The number of halogens is 2. The molecule has 1 spiro atoms. The molecule has 0 atom stereocenters. The Morgan fingerprint density at radius 2 is 2.14 bits per heavy atom. The first-order chi connectivity index (χ1) is 14.0. The molecule has 7 nitrogen and oxygen atoms in total. The maximum Gasteiger partial charge on any atom is 0.234 e. The van der Waals surface area contributed by atoms with E-state index < -0.39 is 11.5 Å². The second kappa shape index (κ2) is 8.44. The molecule has 9 heteroatoms. The Morgan fingerprint density at radius 3 is 2.86 bits per heavy atom. The van der Waals surface area contributed by atoms with Crippen LogP contribution in [-0.2, 0) is 16.2 Å². The highest BCUT2D eigenvalue weighted by molar-refractivity contribution is 6.30. The van der Waals surface area contributed by atoms with Gasteiger partial charge in [-0.3, -0.25) is 14.7 Å². The molecule has 0 saturated carbocycles. The van der Waals surface area contributed by atoms with Crippen LogP contribution in [0.5, 0.6) is 0 Å². The Morgan fingerprint density at radius 1 is 1.31 bits per heavy atom. The molecule has 152 valence electrons. The van der Waals surface area contributed by atoms with E-state index in [0.29, 0.717) is 38.3 Å². The third-order valence-electron chi connectivity index (χ3n) is 5.04. The summed E-state index contributed by atoms with van der Waals surface area (Å²) in [5.41, 5.74) is 3.78. The molecule has 0 radical (unpaired) electrons. The van der Waals surface area contributed by atoms with Gasteiger partial charge in [0.2, 0.25) is 5.91 Å². The van der Waals surface area contributed by atoms with Gasteiger partial charge in [-0.1, -0.05) is 23.7 Å². The third kappa shape index (κ3) is 4.72. The number of aromatic nitrogens is 1. The number of amidine groups is 1. The van der Waals surface area contributed by atoms with E-state index in [9.17, 15) is 9.18 Å². The van der Waals surface area contributed by atoms with E-state index in [2.05, 4.69) is 20.7 Å². The molecule has 0 bridgehead atoms. The second-order valence-electron chi connectivity index (χ2n) is 7.13. The van der Waals surface area contributed by atoms with Gasteiger partial charge in [-0.05, 0) is 29.8 Å². The van der Waals surface area contributed by atoms with Crippen LogP contribution in [0, 0.1) is 5.82 Å². The molecular formula is C20H21ClFN5O2. The van der Waals surface area contributed by atoms with E-state index in [0.717, 1.165) is 11.3 Å². The maximum absolute atomic E-state index is 13.2. The number of carbonyl (C=O) groups is 1. The van der Waals surface area contributed by atoms with Crippen molar-refractivity contribution in [2.75, 3.05) is 19.6 Å². The molecule has 1 fully saturated rings. The summed E-state index contributed by atoms with van der Waals surface area (Å²) in [5, 5.41) is 2.89. The van der Waals surface area contributed by atoms with Crippen LogP contribution in [0.3, 0.4) is 0 Å². The van der Waals surface area contributed by atoms with Crippen LogP contribution < -0.4 is 10.8 Å². The summed E-state index contributed by atoms with van der Waals surface area (Å²) in [5.74, 6) is 0.0702. The Kier molecular flexibility index (Phi) is 5.75. The summed E-state index contributed by atoms with van der Waals surface area (Å²) in [4.78, 5) is 29.1. The van der Waals surface area contributed by atoms with E-state index >= 15 is 0 Å². The number of piperidine rings is 1. The van der Waals surface area contributed by atoms with Gasteiger partial charge < -0.3 is 5.32 Å². The van der Waals surface area contributed by atoms with Crippen molar-refractivity contribution in [2.45, 2.75) is 25.1 Å². The highest BCUT2D eigenvalue weighted by Crippen LogP contribution is 2.30. The molecule has 4 rings (SSSR count). The Bertz CT molecular complexity index is 916. The van der Waals surface area contributed by atoms with Crippen LogP contribution >= 0.6 is 11.6 Å². The van der Waals surface area contributed by atoms with Gasteiger partial charge in [-0.2, -0.15) is 0 Å². The van der Waals surface area contributed by atoms with Gasteiger partial charge in [0, 0.05) is 38.7 Å². The van der Waals surface area contributed by atoms with Crippen molar-refractivity contribution in [1.29, 1.82) is 0 Å². The number of amides is 1. The number of likely N-dealkylation sites (tertiary alicyclic amines) is 1. The molecule has 0 aliphatic carbocycles. The average Bonchev–Trinajstić information content (AvgIpc) is 3.15. The van der Waals surface area contributed by atoms with Crippen LogP contribution in [0.1, 0.15) is 24.1 Å². The van der Waals surface area contributed by atoms with Crippen LogP contribution in [0.15, 0.2) is 47.6 Å². The minimum absolute atomic E-state index is 0.0499. The van der Waals surface area contributed by atoms with Crippen molar-refractivity contribution in [1.82, 2.24) is 20.7 Å². The predicted octanol–water partition coefficient (Wildman–Crippen LogP) is 2.26. The summed E-state index contributed by atoms with van der Waals surface area (Å²) in [7, 11) is 0. The van der Waals surface area contributed by atoms with Crippen molar-refractivity contribution in [3.63, 3.8) is 0 Å². The summed E-state index contributed by atoms with van der Waals surface area (Å²) >= 11 is 5.77. The third-order valence-corrected chi connectivity index (χ3v) is 5.33.